The van der Waals surface area contributed by atoms with Crippen molar-refractivity contribution in [1.82, 2.24) is 4.98 Å². The average Bonchev–Trinajstić information content (AvgIpc) is 2.15. The maximum Gasteiger partial charge on any atom is 0.215 e. The van der Waals surface area contributed by atoms with Crippen LogP contribution in [0.3, 0.4) is 0 Å². The quantitative estimate of drug-likeness (QED) is 0.734. The van der Waals surface area contributed by atoms with Crippen LogP contribution in [0.5, 0.6) is 5.88 Å². The molecule has 0 saturated carbocycles. The third kappa shape index (κ3) is 2.91. The highest BCUT2D eigenvalue weighted by molar-refractivity contribution is 5.38. The van der Waals surface area contributed by atoms with Gasteiger partial charge in [0.1, 0.15) is 12.4 Å². The van der Waals surface area contributed by atoms with Gasteiger partial charge in [-0.3, -0.25) is 0 Å². The Kier molecular flexibility index (Phi) is 3.52. The molecule has 0 fully saturated rings. The molecule has 1 aromatic rings. The molecule has 0 aromatic carbocycles. The zero-order chi connectivity index (χ0) is 9.68. The highest BCUT2D eigenvalue weighted by Gasteiger charge is 1.98. The lowest BCUT2D eigenvalue weighted by atomic mass is 10.4. The normalized spacial score (nSPS) is 9.77. The second-order valence-corrected chi connectivity index (χ2v) is 2.87. The van der Waals surface area contributed by atoms with Crippen molar-refractivity contribution in [2.24, 2.45) is 5.73 Å². The van der Waals surface area contributed by atoms with Crippen LogP contribution in [-0.4, -0.2) is 32.2 Å². The Morgan fingerprint density at radius 3 is 2.85 bits per heavy atom. The molecule has 0 aliphatic rings. The Morgan fingerprint density at radius 2 is 2.23 bits per heavy atom. The van der Waals surface area contributed by atoms with E-state index in [1.807, 2.05) is 37.2 Å². The summed E-state index contributed by atoms with van der Waals surface area (Å²) in [5.41, 5.74) is 5.31. The standard InChI is InChI=1S/C9H15N3O/c1-12(2)8-4-3-5-9(11-8)13-7-6-10/h3-5H,6-7,10H2,1-2H3. The van der Waals surface area contributed by atoms with E-state index >= 15 is 0 Å². The van der Waals surface area contributed by atoms with Gasteiger partial charge in [-0.15, -0.1) is 0 Å². The molecule has 1 rings (SSSR count). The number of hydrogen-bond acceptors (Lipinski definition) is 4. The number of rotatable bonds is 4. The number of nitrogens with zero attached hydrogens (tertiary/aromatic N) is 2. The van der Waals surface area contributed by atoms with Crippen LogP contribution in [-0.2, 0) is 0 Å². The third-order valence-electron chi connectivity index (χ3n) is 1.53. The predicted octanol–water partition coefficient (Wildman–Crippen LogP) is 0.485. The summed E-state index contributed by atoms with van der Waals surface area (Å²) in [4.78, 5) is 6.18. The molecule has 13 heavy (non-hydrogen) atoms. The van der Waals surface area contributed by atoms with Gasteiger partial charge < -0.3 is 15.4 Å². The van der Waals surface area contributed by atoms with E-state index in [0.29, 0.717) is 19.0 Å². The summed E-state index contributed by atoms with van der Waals surface area (Å²) in [6.45, 7) is 1.01. The monoisotopic (exact) mass is 181 g/mol. The second kappa shape index (κ2) is 4.67. The number of pyridine rings is 1. The maximum absolute atomic E-state index is 5.31. The zero-order valence-electron chi connectivity index (χ0n) is 8.03. The van der Waals surface area contributed by atoms with E-state index in [9.17, 15) is 0 Å². The molecule has 4 heteroatoms. The van der Waals surface area contributed by atoms with Crippen LogP contribution in [0.2, 0.25) is 0 Å². The highest BCUT2D eigenvalue weighted by atomic mass is 16.5. The first-order chi connectivity index (χ1) is 6.24. The molecule has 2 N–H and O–H groups in total. The fourth-order valence-electron chi connectivity index (χ4n) is 0.897. The zero-order valence-corrected chi connectivity index (χ0v) is 8.03. The van der Waals surface area contributed by atoms with Crippen LogP contribution < -0.4 is 15.4 Å². The second-order valence-electron chi connectivity index (χ2n) is 2.87. The minimum absolute atomic E-state index is 0.504. The van der Waals surface area contributed by atoms with Gasteiger partial charge in [-0.05, 0) is 6.07 Å². The van der Waals surface area contributed by atoms with Crippen molar-refractivity contribution in [3.05, 3.63) is 18.2 Å². The molecule has 0 aliphatic heterocycles. The van der Waals surface area contributed by atoms with E-state index in [1.54, 1.807) is 0 Å². The van der Waals surface area contributed by atoms with E-state index in [0.717, 1.165) is 5.82 Å². The van der Waals surface area contributed by atoms with E-state index in [-0.39, 0.29) is 0 Å². The van der Waals surface area contributed by atoms with Gasteiger partial charge in [0.15, 0.2) is 0 Å². The van der Waals surface area contributed by atoms with Crippen LogP contribution in [0, 0.1) is 0 Å². The predicted molar refractivity (Wildman–Crippen MR) is 53.1 cm³/mol. The molecule has 0 amide bonds. The Hall–Kier alpha value is -1.29. The summed E-state index contributed by atoms with van der Waals surface area (Å²) in [5, 5.41) is 0. The summed E-state index contributed by atoms with van der Waals surface area (Å²) in [5.74, 6) is 1.51. The fraction of sp³-hybridized carbons (Fsp3) is 0.444. The average molecular weight is 181 g/mol. The van der Waals surface area contributed by atoms with Crippen molar-refractivity contribution >= 4 is 5.82 Å². The van der Waals surface area contributed by atoms with Gasteiger partial charge >= 0.3 is 0 Å². The van der Waals surface area contributed by atoms with Crippen molar-refractivity contribution in [3.63, 3.8) is 0 Å². The summed E-state index contributed by atoms with van der Waals surface area (Å²) < 4.78 is 5.28. The minimum Gasteiger partial charge on any atom is -0.476 e. The van der Waals surface area contributed by atoms with Crippen LogP contribution in [0.4, 0.5) is 5.82 Å². The Bertz CT molecular complexity index is 263. The molecule has 1 aromatic heterocycles. The minimum atomic E-state index is 0.504. The molecule has 0 atom stereocenters. The van der Waals surface area contributed by atoms with Crippen molar-refractivity contribution < 1.29 is 4.74 Å². The van der Waals surface area contributed by atoms with E-state index < -0.39 is 0 Å². The fourth-order valence-corrected chi connectivity index (χ4v) is 0.897. The third-order valence-corrected chi connectivity index (χ3v) is 1.53. The first-order valence-electron chi connectivity index (χ1n) is 4.21. The lowest BCUT2D eigenvalue weighted by Crippen LogP contribution is -2.13. The number of nitrogens with two attached hydrogens (primary N) is 1. The molecular weight excluding hydrogens is 166 g/mol. The molecule has 0 radical (unpaired) electrons. The van der Waals surface area contributed by atoms with Gasteiger partial charge in [-0.2, -0.15) is 4.98 Å². The summed E-state index contributed by atoms with van der Waals surface area (Å²) >= 11 is 0. The Balaban J connectivity index is 2.68. The first-order valence-corrected chi connectivity index (χ1v) is 4.21. The Labute approximate surface area is 78.3 Å². The number of hydrogen-bond donors (Lipinski definition) is 1. The van der Waals surface area contributed by atoms with Gasteiger partial charge in [0.05, 0.1) is 0 Å². The lowest BCUT2D eigenvalue weighted by Gasteiger charge is -2.12. The van der Waals surface area contributed by atoms with E-state index in [1.165, 1.54) is 0 Å². The molecular formula is C9H15N3O. The number of aromatic nitrogens is 1. The maximum atomic E-state index is 5.31. The molecule has 1 heterocycles. The van der Waals surface area contributed by atoms with Crippen molar-refractivity contribution in [2.75, 3.05) is 32.1 Å². The van der Waals surface area contributed by atoms with Crippen LogP contribution in [0.25, 0.3) is 0 Å². The SMILES string of the molecule is CN(C)c1cccc(OCCN)n1. The molecule has 0 unspecified atom stereocenters. The molecule has 72 valence electrons. The van der Waals surface area contributed by atoms with Gasteiger partial charge in [-0.1, -0.05) is 6.07 Å². The van der Waals surface area contributed by atoms with Crippen molar-refractivity contribution in [3.8, 4) is 5.88 Å². The summed E-state index contributed by atoms with van der Waals surface area (Å²) in [6.07, 6.45) is 0. The van der Waals surface area contributed by atoms with Gasteiger partial charge in [0, 0.05) is 26.7 Å². The van der Waals surface area contributed by atoms with E-state index in [2.05, 4.69) is 4.98 Å². The van der Waals surface area contributed by atoms with Crippen molar-refractivity contribution in [2.45, 2.75) is 0 Å². The number of ether oxygens (including phenoxy) is 1. The van der Waals surface area contributed by atoms with Crippen LogP contribution >= 0.6 is 0 Å². The molecule has 4 nitrogen and oxygen atoms in total. The highest BCUT2D eigenvalue weighted by Crippen LogP contribution is 2.12. The van der Waals surface area contributed by atoms with Crippen LogP contribution in [0.1, 0.15) is 0 Å². The first kappa shape index (κ1) is 9.80. The summed E-state index contributed by atoms with van der Waals surface area (Å²) in [6, 6.07) is 5.66. The molecule has 0 bridgehead atoms. The Morgan fingerprint density at radius 1 is 1.46 bits per heavy atom. The van der Waals surface area contributed by atoms with Crippen molar-refractivity contribution in [1.29, 1.82) is 0 Å². The largest absolute Gasteiger partial charge is 0.476 e. The van der Waals surface area contributed by atoms with Gasteiger partial charge in [0.2, 0.25) is 5.88 Å². The van der Waals surface area contributed by atoms with Gasteiger partial charge in [0.25, 0.3) is 0 Å². The molecule has 0 aliphatic carbocycles. The molecule has 0 spiro atoms. The van der Waals surface area contributed by atoms with Crippen LogP contribution in [0.15, 0.2) is 18.2 Å². The summed E-state index contributed by atoms with van der Waals surface area (Å²) in [7, 11) is 3.88. The lowest BCUT2D eigenvalue weighted by molar-refractivity contribution is 0.316. The molecule has 0 saturated heterocycles. The topological polar surface area (TPSA) is 51.4 Å². The van der Waals surface area contributed by atoms with E-state index in [4.69, 9.17) is 10.5 Å². The smallest absolute Gasteiger partial charge is 0.215 e. The van der Waals surface area contributed by atoms with Gasteiger partial charge in [-0.25, -0.2) is 0 Å². The number of anilines is 1.